The van der Waals surface area contributed by atoms with Crippen molar-refractivity contribution >= 4 is 11.8 Å². The molecule has 0 aromatic heterocycles. The van der Waals surface area contributed by atoms with Crippen molar-refractivity contribution in [1.82, 2.24) is 15.1 Å². The van der Waals surface area contributed by atoms with Crippen molar-refractivity contribution in [3.8, 4) is 5.75 Å². The molecule has 156 valence electrons. The minimum Gasteiger partial charge on any atom is -0.467 e. The van der Waals surface area contributed by atoms with Gasteiger partial charge in [0.1, 0.15) is 5.75 Å². The van der Waals surface area contributed by atoms with Crippen LogP contribution in [0.4, 0.5) is 0 Å². The highest BCUT2D eigenvalue weighted by Gasteiger charge is 2.62. The zero-order valence-corrected chi connectivity index (χ0v) is 17.4. The number of hydrogen-bond acceptors (Lipinski definition) is 4. The smallest absolute Gasteiger partial charge is 0.258 e. The number of carbonyl (C=O) groups is 2. The van der Waals surface area contributed by atoms with Crippen LogP contribution in [0.25, 0.3) is 0 Å². The maximum absolute atomic E-state index is 13.5. The van der Waals surface area contributed by atoms with E-state index in [0.29, 0.717) is 23.6 Å². The van der Waals surface area contributed by atoms with Gasteiger partial charge in [0.05, 0.1) is 5.56 Å². The number of piperazine rings is 1. The zero-order valence-electron chi connectivity index (χ0n) is 17.4. The summed E-state index contributed by atoms with van der Waals surface area (Å²) in [6.45, 7) is 9.04. The maximum Gasteiger partial charge on any atom is 0.258 e. The van der Waals surface area contributed by atoms with Crippen LogP contribution in [0.3, 0.4) is 0 Å². The predicted octanol–water partition coefficient (Wildman–Crippen LogP) is 2.50. The first-order valence-electron chi connectivity index (χ1n) is 11.1. The molecule has 0 unspecified atom stereocenters. The molecule has 6 nitrogen and oxygen atoms in total. The van der Waals surface area contributed by atoms with Crippen molar-refractivity contribution in [3.05, 3.63) is 29.8 Å². The highest BCUT2D eigenvalue weighted by atomic mass is 16.5. The molecule has 5 aliphatic rings. The minimum absolute atomic E-state index is 0.0257. The van der Waals surface area contributed by atoms with Gasteiger partial charge in [0.25, 0.3) is 5.91 Å². The molecule has 4 atom stereocenters. The van der Waals surface area contributed by atoms with E-state index in [1.165, 1.54) is 0 Å². The van der Waals surface area contributed by atoms with Gasteiger partial charge in [-0.05, 0) is 43.4 Å². The predicted molar refractivity (Wildman–Crippen MR) is 110 cm³/mol. The molecule has 1 spiro atoms. The Morgan fingerprint density at radius 3 is 2.72 bits per heavy atom. The molecule has 6 rings (SSSR count). The summed E-state index contributed by atoms with van der Waals surface area (Å²) in [5.74, 6) is 1.13. The standard InChI is InChI=1S/C23H31N3O3/c1-3-25-10-12-26(13-11-25)21(28)18-14-16-8-9-22(18,2)15-23(16)24-20(27)17-6-4-5-7-19(17)29-23/h4-7,16,18H,3,8-15H2,1-2H3,(H,24,27)/t16-,18+,22-,23+/m1/s1. The van der Waals surface area contributed by atoms with E-state index in [1.54, 1.807) is 0 Å². The first-order chi connectivity index (χ1) is 13.9. The number of para-hydroxylation sites is 1. The van der Waals surface area contributed by atoms with E-state index in [9.17, 15) is 9.59 Å². The Morgan fingerprint density at radius 2 is 2.00 bits per heavy atom. The number of hydrogen-bond donors (Lipinski definition) is 1. The number of rotatable bonds is 2. The number of nitrogens with one attached hydrogen (secondary N) is 1. The van der Waals surface area contributed by atoms with Gasteiger partial charge in [0.2, 0.25) is 5.91 Å². The van der Waals surface area contributed by atoms with E-state index >= 15 is 0 Å². The molecule has 2 aliphatic heterocycles. The summed E-state index contributed by atoms with van der Waals surface area (Å²) in [4.78, 5) is 30.7. The molecule has 1 aromatic rings. The van der Waals surface area contributed by atoms with Crippen molar-refractivity contribution in [1.29, 1.82) is 0 Å². The summed E-state index contributed by atoms with van der Waals surface area (Å²) < 4.78 is 6.47. The van der Waals surface area contributed by atoms with Gasteiger partial charge in [-0.15, -0.1) is 0 Å². The lowest BCUT2D eigenvalue weighted by atomic mass is 9.52. The van der Waals surface area contributed by atoms with Crippen LogP contribution < -0.4 is 10.1 Å². The quantitative estimate of drug-likeness (QED) is 0.833. The summed E-state index contributed by atoms with van der Waals surface area (Å²) in [5, 5.41) is 3.20. The van der Waals surface area contributed by atoms with Gasteiger partial charge >= 0.3 is 0 Å². The Bertz CT molecular complexity index is 834. The Labute approximate surface area is 172 Å². The minimum atomic E-state index is -0.671. The van der Waals surface area contributed by atoms with E-state index in [-0.39, 0.29) is 23.2 Å². The number of fused-ring (bicyclic) bond motifs is 3. The van der Waals surface area contributed by atoms with Crippen LogP contribution in [0.2, 0.25) is 0 Å². The summed E-state index contributed by atoms with van der Waals surface area (Å²) in [5.41, 5.74) is -0.213. The first-order valence-corrected chi connectivity index (χ1v) is 11.1. The summed E-state index contributed by atoms with van der Waals surface area (Å²) in [6.07, 6.45) is 3.51. The number of benzene rings is 1. The molecule has 29 heavy (non-hydrogen) atoms. The SMILES string of the molecule is CCN1CCN(C(=O)[C@@H]2C[C@H]3CC[C@]2(C)C[C@@]32NC(=O)c3ccccc3O2)CC1. The van der Waals surface area contributed by atoms with Crippen molar-refractivity contribution in [2.75, 3.05) is 32.7 Å². The monoisotopic (exact) mass is 397 g/mol. The fraction of sp³-hybridized carbons (Fsp3) is 0.652. The van der Waals surface area contributed by atoms with Gasteiger partial charge < -0.3 is 19.9 Å². The molecule has 2 heterocycles. The van der Waals surface area contributed by atoms with Gasteiger partial charge in [-0.25, -0.2) is 0 Å². The molecule has 2 bridgehead atoms. The fourth-order valence-electron chi connectivity index (χ4n) is 6.14. The zero-order chi connectivity index (χ0) is 20.2. The molecular weight excluding hydrogens is 366 g/mol. The Morgan fingerprint density at radius 1 is 1.24 bits per heavy atom. The number of amides is 2. The van der Waals surface area contributed by atoms with Crippen LogP contribution in [0, 0.1) is 17.3 Å². The summed E-state index contributed by atoms with van der Waals surface area (Å²) in [7, 11) is 0. The second-order valence-electron chi connectivity index (χ2n) is 9.56. The van der Waals surface area contributed by atoms with Gasteiger partial charge in [-0.1, -0.05) is 26.0 Å². The lowest BCUT2D eigenvalue weighted by Crippen LogP contribution is -2.69. The second-order valence-corrected chi connectivity index (χ2v) is 9.56. The molecule has 3 saturated carbocycles. The third-order valence-electron chi connectivity index (χ3n) is 7.93. The lowest BCUT2D eigenvalue weighted by Gasteiger charge is -2.60. The normalized spacial score (nSPS) is 36.5. The Balaban J connectivity index is 1.37. The Kier molecular flexibility index (Phi) is 4.39. The summed E-state index contributed by atoms with van der Waals surface area (Å²) >= 11 is 0. The fourth-order valence-corrected chi connectivity index (χ4v) is 6.14. The van der Waals surface area contributed by atoms with E-state index < -0.39 is 5.72 Å². The van der Waals surface area contributed by atoms with Crippen molar-refractivity contribution in [3.63, 3.8) is 0 Å². The molecule has 6 heteroatoms. The third-order valence-corrected chi connectivity index (χ3v) is 7.93. The average Bonchev–Trinajstić information content (AvgIpc) is 2.73. The van der Waals surface area contributed by atoms with E-state index in [4.69, 9.17) is 4.74 Å². The Hall–Kier alpha value is -2.08. The molecule has 3 aliphatic carbocycles. The molecule has 4 fully saturated rings. The highest BCUT2D eigenvalue weighted by Crippen LogP contribution is 2.59. The van der Waals surface area contributed by atoms with E-state index in [2.05, 4.69) is 29.0 Å². The van der Waals surface area contributed by atoms with Crippen molar-refractivity contribution < 1.29 is 14.3 Å². The van der Waals surface area contributed by atoms with E-state index in [0.717, 1.165) is 52.0 Å². The maximum atomic E-state index is 13.5. The van der Waals surface area contributed by atoms with Crippen LogP contribution in [0.1, 0.15) is 49.9 Å². The van der Waals surface area contributed by atoms with Crippen LogP contribution >= 0.6 is 0 Å². The van der Waals surface area contributed by atoms with Crippen LogP contribution in [-0.4, -0.2) is 60.1 Å². The topological polar surface area (TPSA) is 61.9 Å². The number of nitrogens with zero attached hydrogens (tertiary/aromatic N) is 2. The largest absolute Gasteiger partial charge is 0.467 e. The second kappa shape index (κ2) is 6.73. The molecule has 0 radical (unpaired) electrons. The molecular formula is C23H31N3O3. The number of carbonyl (C=O) groups excluding carboxylic acids is 2. The number of ether oxygens (including phenoxy) is 1. The van der Waals surface area contributed by atoms with Gasteiger partial charge in [-0.2, -0.15) is 0 Å². The van der Waals surface area contributed by atoms with Gasteiger partial charge in [0.15, 0.2) is 5.72 Å². The molecule has 1 aromatic carbocycles. The van der Waals surface area contributed by atoms with Crippen LogP contribution in [-0.2, 0) is 4.79 Å². The third kappa shape index (κ3) is 2.95. The molecule has 1 N–H and O–H groups in total. The highest BCUT2D eigenvalue weighted by molar-refractivity contribution is 5.98. The van der Waals surface area contributed by atoms with Crippen molar-refractivity contribution in [2.24, 2.45) is 17.3 Å². The lowest BCUT2D eigenvalue weighted by molar-refractivity contribution is -0.175. The van der Waals surface area contributed by atoms with Gasteiger partial charge in [-0.3, -0.25) is 9.59 Å². The van der Waals surface area contributed by atoms with Gasteiger partial charge in [0, 0.05) is 44.4 Å². The molecule has 2 amide bonds. The van der Waals surface area contributed by atoms with E-state index in [1.807, 2.05) is 24.3 Å². The molecule has 1 saturated heterocycles. The van der Waals surface area contributed by atoms with Crippen LogP contribution in [0.5, 0.6) is 5.75 Å². The average molecular weight is 398 g/mol. The number of likely N-dealkylation sites (N-methyl/N-ethyl adjacent to an activating group) is 1. The van der Waals surface area contributed by atoms with Crippen molar-refractivity contribution in [2.45, 2.75) is 45.3 Å². The summed E-state index contributed by atoms with van der Waals surface area (Å²) in [6, 6.07) is 7.47. The first kappa shape index (κ1) is 18.9. The van der Waals surface area contributed by atoms with Crippen LogP contribution in [0.15, 0.2) is 24.3 Å².